The van der Waals surface area contributed by atoms with E-state index in [1.165, 1.54) is 5.56 Å². The summed E-state index contributed by atoms with van der Waals surface area (Å²) in [4.78, 5) is 0. The van der Waals surface area contributed by atoms with Crippen molar-refractivity contribution in [1.82, 2.24) is 0 Å². The number of aryl methyl sites for hydroxylation is 1. The molecule has 0 aliphatic heterocycles. The van der Waals surface area contributed by atoms with Gasteiger partial charge in [-0.15, -0.1) is 0 Å². The van der Waals surface area contributed by atoms with Crippen molar-refractivity contribution in [2.45, 2.75) is 20.8 Å². The first-order valence-electron chi connectivity index (χ1n) is 4.95. The van der Waals surface area contributed by atoms with E-state index in [4.69, 9.17) is 5.11 Å². The van der Waals surface area contributed by atoms with E-state index in [0.29, 0.717) is 0 Å². The van der Waals surface area contributed by atoms with E-state index in [1.54, 1.807) is 0 Å². The highest BCUT2D eigenvalue weighted by molar-refractivity contribution is 5.45. The summed E-state index contributed by atoms with van der Waals surface area (Å²) < 4.78 is 0. The minimum atomic E-state index is -0.0657. The molecule has 1 aromatic rings. The summed E-state index contributed by atoms with van der Waals surface area (Å²) in [5.41, 5.74) is 2.30. The van der Waals surface area contributed by atoms with Crippen molar-refractivity contribution < 1.29 is 5.11 Å². The zero-order chi connectivity index (χ0) is 10.6. The van der Waals surface area contributed by atoms with Gasteiger partial charge in [0.15, 0.2) is 0 Å². The molecule has 2 nitrogen and oxygen atoms in total. The van der Waals surface area contributed by atoms with Gasteiger partial charge < -0.3 is 10.4 Å². The minimum Gasteiger partial charge on any atom is -0.396 e. The lowest BCUT2D eigenvalue weighted by molar-refractivity contribution is 0.171. The van der Waals surface area contributed by atoms with Crippen molar-refractivity contribution in [3.8, 4) is 0 Å². The first-order valence-corrected chi connectivity index (χ1v) is 4.95. The molecule has 0 bridgehead atoms. The molecule has 78 valence electrons. The Morgan fingerprint density at radius 3 is 2.64 bits per heavy atom. The Morgan fingerprint density at radius 1 is 1.36 bits per heavy atom. The number of hydrogen-bond acceptors (Lipinski definition) is 2. The van der Waals surface area contributed by atoms with E-state index in [0.717, 1.165) is 12.2 Å². The van der Waals surface area contributed by atoms with Crippen molar-refractivity contribution in [3.05, 3.63) is 29.8 Å². The average Bonchev–Trinajstić information content (AvgIpc) is 2.15. The number of rotatable bonds is 4. The molecule has 0 saturated heterocycles. The quantitative estimate of drug-likeness (QED) is 0.769. The third-order valence-corrected chi connectivity index (χ3v) is 2.22. The van der Waals surface area contributed by atoms with Gasteiger partial charge in [-0.1, -0.05) is 26.0 Å². The number of hydrogen-bond donors (Lipinski definition) is 2. The van der Waals surface area contributed by atoms with E-state index >= 15 is 0 Å². The summed E-state index contributed by atoms with van der Waals surface area (Å²) in [6, 6.07) is 8.25. The van der Waals surface area contributed by atoms with Gasteiger partial charge >= 0.3 is 0 Å². The smallest absolute Gasteiger partial charge is 0.0498 e. The maximum Gasteiger partial charge on any atom is 0.0498 e. The summed E-state index contributed by atoms with van der Waals surface area (Å²) in [6.45, 7) is 7.13. The van der Waals surface area contributed by atoms with Crippen LogP contribution in [0.1, 0.15) is 19.4 Å². The molecular weight excluding hydrogens is 174 g/mol. The molecule has 0 atom stereocenters. The maximum atomic E-state index is 9.09. The van der Waals surface area contributed by atoms with E-state index in [1.807, 2.05) is 26.0 Å². The maximum absolute atomic E-state index is 9.09. The molecule has 0 fully saturated rings. The molecule has 0 spiro atoms. The summed E-state index contributed by atoms with van der Waals surface area (Å²) in [6.07, 6.45) is 0. The van der Waals surface area contributed by atoms with Crippen LogP contribution in [0, 0.1) is 12.3 Å². The van der Waals surface area contributed by atoms with Crippen molar-refractivity contribution in [3.63, 3.8) is 0 Å². The van der Waals surface area contributed by atoms with Crippen LogP contribution < -0.4 is 5.32 Å². The Bertz CT molecular complexity index is 294. The molecule has 14 heavy (non-hydrogen) atoms. The number of benzene rings is 1. The van der Waals surface area contributed by atoms with Gasteiger partial charge in [-0.3, -0.25) is 0 Å². The van der Waals surface area contributed by atoms with E-state index in [-0.39, 0.29) is 12.0 Å². The SMILES string of the molecule is Cc1cccc(NCC(C)(C)CO)c1. The van der Waals surface area contributed by atoms with Gasteiger partial charge in [0, 0.05) is 24.3 Å². The van der Waals surface area contributed by atoms with Crippen molar-refractivity contribution in [2.75, 3.05) is 18.5 Å². The van der Waals surface area contributed by atoms with Gasteiger partial charge in [0.25, 0.3) is 0 Å². The highest BCUT2D eigenvalue weighted by Crippen LogP contribution is 2.16. The molecule has 0 amide bonds. The zero-order valence-electron chi connectivity index (χ0n) is 9.17. The van der Waals surface area contributed by atoms with Gasteiger partial charge in [0.1, 0.15) is 0 Å². The molecule has 2 N–H and O–H groups in total. The second kappa shape index (κ2) is 4.47. The van der Waals surface area contributed by atoms with Crippen molar-refractivity contribution >= 4 is 5.69 Å². The Hall–Kier alpha value is -1.02. The molecule has 2 heteroatoms. The Balaban J connectivity index is 2.54. The largest absolute Gasteiger partial charge is 0.396 e. The zero-order valence-corrected chi connectivity index (χ0v) is 9.17. The molecule has 1 rings (SSSR count). The normalized spacial score (nSPS) is 11.4. The molecule has 0 heterocycles. The molecule has 1 aromatic carbocycles. The lowest BCUT2D eigenvalue weighted by atomic mass is 9.95. The number of aliphatic hydroxyl groups is 1. The predicted molar refractivity (Wildman–Crippen MR) is 60.5 cm³/mol. The Labute approximate surface area is 86.0 Å². The molecule has 0 aromatic heterocycles. The summed E-state index contributed by atoms with van der Waals surface area (Å²) >= 11 is 0. The van der Waals surface area contributed by atoms with Crippen LogP contribution in [0.5, 0.6) is 0 Å². The van der Waals surface area contributed by atoms with Gasteiger partial charge in [-0.25, -0.2) is 0 Å². The van der Waals surface area contributed by atoms with Crippen molar-refractivity contribution in [1.29, 1.82) is 0 Å². The van der Waals surface area contributed by atoms with E-state index in [9.17, 15) is 0 Å². The van der Waals surface area contributed by atoms with Crippen LogP contribution in [-0.4, -0.2) is 18.3 Å². The predicted octanol–water partition coefficient (Wildman–Crippen LogP) is 2.43. The number of anilines is 1. The monoisotopic (exact) mass is 193 g/mol. The molecule has 0 radical (unpaired) electrons. The van der Waals surface area contributed by atoms with E-state index in [2.05, 4.69) is 24.4 Å². The van der Waals surface area contributed by atoms with Crippen LogP contribution >= 0.6 is 0 Å². The van der Waals surface area contributed by atoms with Crippen LogP contribution in [0.2, 0.25) is 0 Å². The Kier molecular flexibility index (Phi) is 3.53. The lowest BCUT2D eigenvalue weighted by Gasteiger charge is -2.22. The molecule has 0 aliphatic carbocycles. The summed E-state index contributed by atoms with van der Waals surface area (Å²) in [7, 11) is 0. The minimum absolute atomic E-state index is 0.0657. The van der Waals surface area contributed by atoms with E-state index < -0.39 is 0 Å². The third-order valence-electron chi connectivity index (χ3n) is 2.22. The molecular formula is C12H19NO. The van der Waals surface area contributed by atoms with Crippen LogP contribution in [0.25, 0.3) is 0 Å². The number of nitrogens with one attached hydrogen (secondary N) is 1. The van der Waals surface area contributed by atoms with Crippen LogP contribution in [0.15, 0.2) is 24.3 Å². The first-order chi connectivity index (χ1) is 6.53. The number of aliphatic hydroxyl groups excluding tert-OH is 1. The third kappa shape index (κ3) is 3.38. The highest BCUT2D eigenvalue weighted by Gasteiger charge is 2.15. The summed E-state index contributed by atoms with van der Waals surface area (Å²) in [5.74, 6) is 0. The van der Waals surface area contributed by atoms with Gasteiger partial charge in [0.05, 0.1) is 0 Å². The van der Waals surface area contributed by atoms with Gasteiger partial charge in [-0.05, 0) is 24.6 Å². The standard InChI is InChI=1S/C12H19NO/c1-10-5-4-6-11(7-10)13-8-12(2,3)9-14/h4-7,13-14H,8-9H2,1-3H3. The van der Waals surface area contributed by atoms with Gasteiger partial charge in [-0.2, -0.15) is 0 Å². The highest BCUT2D eigenvalue weighted by atomic mass is 16.3. The second-order valence-electron chi connectivity index (χ2n) is 4.55. The summed E-state index contributed by atoms with van der Waals surface area (Å²) in [5, 5.41) is 12.4. The van der Waals surface area contributed by atoms with Crippen LogP contribution in [0.3, 0.4) is 0 Å². The topological polar surface area (TPSA) is 32.3 Å². The van der Waals surface area contributed by atoms with Crippen LogP contribution in [-0.2, 0) is 0 Å². The molecule has 0 saturated carbocycles. The lowest BCUT2D eigenvalue weighted by Crippen LogP contribution is -2.26. The average molecular weight is 193 g/mol. The first kappa shape index (κ1) is 11.1. The fourth-order valence-electron chi connectivity index (χ4n) is 1.15. The molecule has 0 unspecified atom stereocenters. The molecule has 0 aliphatic rings. The Morgan fingerprint density at radius 2 is 2.07 bits per heavy atom. The second-order valence-corrected chi connectivity index (χ2v) is 4.55. The fourth-order valence-corrected chi connectivity index (χ4v) is 1.15. The van der Waals surface area contributed by atoms with Crippen LogP contribution in [0.4, 0.5) is 5.69 Å². The van der Waals surface area contributed by atoms with Crippen molar-refractivity contribution in [2.24, 2.45) is 5.41 Å². The fraction of sp³-hybridized carbons (Fsp3) is 0.500. The van der Waals surface area contributed by atoms with Gasteiger partial charge in [0.2, 0.25) is 0 Å².